The zero-order valence-corrected chi connectivity index (χ0v) is 11.7. The molecule has 1 aromatic carbocycles. The Morgan fingerprint density at radius 2 is 2.16 bits per heavy atom. The molecule has 0 radical (unpaired) electrons. The van der Waals surface area contributed by atoms with E-state index in [4.69, 9.17) is 27.9 Å². The molecule has 1 amide bonds. The van der Waals surface area contributed by atoms with Gasteiger partial charge in [0.15, 0.2) is 0 Å². The van der Waals surface area contributed by atoms with Gasteiger partial charge in [0, 0.05) is 6.54 Å². The number of nitrogens with one attached hydrogen (secondary N) is 2. The maximum Gasteiger partial charge on any atom is 0.268 e. The maximum absolute atomic E-state index is 11.8. The van der Waals surface area contributed by atoms with Gasteiger partial charge in [-0.05, 0) is 23.8 Å². The minimum absolute atomic E-state index is 0.258. The molecule has 0 unspecified atom stereocenters. The Labute approximate surface area is 120 Å². The Hall–Kier alpha value is -1.65. The lowest BCUT2D eigenvalue weighted by Crippen LogP contribution is -2.23. The molecule has 0 saturated carbocycles. The van der Waals surface area contributed by atoms with E-state index < -0.39 is 0 Å². The lowest BCUT2D eigenvalue weighted by atomic mass is 10.2. The quantitative estimate of drug-likeness (QED) is 0.910. The molecule has 0 aliphatic carbocycles. The summed E-state index contributed by atoms with van der Waals surface area (Å²) in [4.78, 5) is 14.5. The van der Waals surface area contributed by atoms with Crippen LogP contribution in [0.25, 0.3) is 0 Å². The van der Waals surface area contributed by atoms with Gasteiger partial charge in [-0.2, -0.15) is 0 Å². The highest BCUT2D eigenvalue weighted by molar-refractivity contribution is 6.41. The first-order valence-electron chi connectivity index (χ1n) is 5.55. The first-order valence-corrected chi connectivity index (χ1v) is 6.31. The van der Waals surface area contributed by atoms with Gasteiger partial charge in [0.25, 0.3) is 5.91 Å². The van der Waals surface area contributed by atoms with Crippen molar-refractivity contribution >= 4 is 29.1 Å². The summed E-state index contributed by atoms with van der Waals surface area (Å²) in [5, 5.41) is 3.35. The summed E-state index contributed by atoms with van der Waals surface area (Å²) in [5.74, 6) is 0.481. The van der Waals surface area contributed by atoms with Crippen LogP contribution in [0, 0.1) is 0 Å². The molecule has 19 heavy (non-hydrogen) atoms. The van der Waals surface area contributed by atoms with E-state index in [1.54, 1.807) is 7.11 Å². The molecule has 1 aromatic heterocycles. The zero-order valence-electron chi connectivity index (χ0n) is 10.2. The molecular formula is C13H12Cl2N2O2. The third-order valence-electron chi connectivity index (χ3n) is 2.56. The van der Waals surface area contributed by atoms with Gasteiger partial charge in [-0.1, -0.05) is 35.3 Å². The van der Waals surface area contributed by atoms with Crippen molar-refractivity contribution < 1.29 is 9.53 Å². The number of benzene rings is 1. The number of methoxy groups -OCH3 is 1. The van der Waals surface area contributed by atoms with E-state index in [2.05, 4.69) is 10.3 Å². The van der Waals surface area contributed by atoms with Crippen molar-refractivity contribution in [3.8, 4) is 5.75 Å². The predicted octanol–water partition coefficient (Wildman–Crippen LogP) is 3.26. The van der Waals surface area contributed by atoms with Gasteiger partial charge in [-0.3, -0.25) is 4.79 Å². The van der Waals surface area contributed by atoms with Gasteiger partial charge in [-0.25, -0.2) is 0 Å². The number of aromatic amines is 1. The van der Waals surface area contributed by atoms with Gasteiger partial charge in [0.1, 0.15) is 16.6 Å². The number of hydrogen-bond donors (Lipinski definition) is 2. The molecule has 0 saturated heterocycles. The van der Waals surface area contributed by atoms with Crippen LogP contribution < -0.4 is 10.1 Å². The van der Waals surface area contributed by atoms with E-state index in [-0.39, 0.29) is 11.1 Å². The molecule has 6 heteroatoms. The summed E-state index contributed by atoms with van der Waals surface area (Å²) in [7, 11) is 1.60. The van der Waals surface area contributed by atoms with E-state index in [0.29, 0.717) is 17.3 Å². The Bertz CT molecular complexity index is 577. The van der Waals surface area contributed by atoms with Crippen molar-refractivity contribution in [1.29, 1.82) is 0 Å². The lowest BCUT2D eigenvalue weighted by molar-refractivity contribution is 0.0946. The summed E-state index contributed by atoms with van der Waals surface area (Å²) in [6.45, 7) is 0.393. The largest absolute Gasteiger partial charge is 0.497 e. The van der Waals surface area contributed by atoms with Crippen LogP contribution in [-0.2, 0) is 6.54 Å². The SMILES string of the molecule is COc1cccc(CNC(=O)c2cc(Cl)c(Cl)[nH]2)c1. The van der Waals surface area contributed by atoms with Gasteiger partial charge in [-0.15, -0.1) is 0 Å². The monoisotopic (exact) mass is 298 g/mol. The Kier molecular flexibility index (Phi) is 4.35. The molecule has 2 rings (SSSR count). The van der Waals surface area contributed by atoms with Crippen LogP contribution >= 0.6 is 23.2 Å². The van der Waals surface area contributed by atoms with Crippen molar-refractivity contribution in [2.24, 2.45) is 0 Å². The fourth-order valence-corrected chi connectivity index (χ4v) is 1.90. The van der Waals surface area contributed by atoms with Crippen molar-refractivity contribution in [2.45, 2.75) is 6.54 Å². The molecule has 4 nitrogen and oxygen atoms in total. The van der Waals surface area contributed by atoms with Crippen LogP contribution in [0.4, 0.5) is 0 Å². The van der Waals surface area contributed by atoms with Crippen molar-refractivity contribution in [1.82, 2.24) is 10.3 Å². The molecule has 0 bridgehead atoms. The summed E-state index contributed by atoms with van der Waals surface area (Å²) in [6, 6.07) is 8.95. The van der Waals surface area contributed by atoms with Gasteiger partial charge in [0.2, 0.25) is 0 Å². The normalized spacial score (nSPS) is 10.3. The summed E-state index contributed by atoms with van der Waals surface area (Å²) >= 11 is 11.5. The third kappa shape index (κ3) is 3.43. The topological polar surface area (TPSA) is 54.1 Å². The van der Waals surface area contributed by atoms with Gasteiger partial charge in [0.05, 0.1) is 12.1 Å². The minimum Gasteiger partial charge on any atom is -0.497 e. The summed E-state index contributed by atoms with van der Waals surface area (Å²) in [5.41, 5.74) is 1.27. The first-order chi connectivity index (χ1) is 9.10. The van der Waals surface area contributed by atoms with E-state index in [0.717, 1.165) is 11.3 Å². The molecule has 0 fully saturated rings. The van der Waals surface area contributed by atoms with E-state index in [1.165, 1.54) is 6.07 Å². The fraction of sp³-hybridized carbons (Fsp3) is 0.154. The number of hydrogen-bond acceptors (Lipinski definition) is 2. The van der Waals surface area contributed by atoms with Gasteiger partial charge < -0.3 is 15.0 Å². The van der Waals surface area contributed by atoms with E-state index in [9.17, 15) is 4.79 Å². The minimum atomic E-state index is -0.267. The number of halogens is 2. The summed E-state index contributed by atoms with van der Waals surface area (Å²) < 4.78 is 5.11. The Balaban J connectivity index is 2.00. The number of amides is 1. The van der Waals surface area contributed by atoms with Crippen LogP contribution in [0.15, 0.2) is 30.3 Å². The van der Waals surface area contributed by atoms with Crippen molar-refractivity contribution in [3.05, 3.63) is 51.8 Å². The zero-order chi connectivity index (χ0) is 13.8. The van der Waals surface area contributed by atoms with Crippen LogP contribution in [0.5, 0.6) is 5.75 Å². The molecule has 1 heterocycles. The summed E-state index contributed by atoms with van der Waals surface area (Å²) in [6.07, 6.45) is 0. The Morgan fingerprint density at radius 1 is 1.37 bits per heavy atom. The number of H-pyrrole nitrogens is 1. The maximum atomic E-state index is 11.8. The molecule has 100 valence electrons. The van der Waals surface area contributed by atoms with Crippen LogP contribution in [-0.4, -0.2) is 18.0 Å². The number of ether oxygens (including phenoxy) is 1. The smallest absolute Gasteiger partial charge is 0.268 e. The fourth-order valence-electron chi connectivity index (χ4n) is 1.59. The van der Waals surface area contributed by atoms with E-state index in [1.807, 2.05) is 24.3 Å². The molecule has 0 atom stereocenters. The molecular weight excluding hydrogens is 287 g/mol. The number of carbonyl (C=O) groups excluding carboxylic acids is 1. The highest BCUT2D eigenvalue weighted by atomic mass is 35.5. The third-order valence-corrected chi connectivity index (χ3v) is 3.25. The molecule has 0 spiro atoms. The number of rotatable bonds is 4. The Morgan fingerprint density at radius 3 is 2.79 bits per heavy atom. The average Bonchev–Trinajstić information content (AvgIpc) is 2.76. The predicted molar refractivity (Wildman–Crippen MR) is 75.0 cm³/mol. The molecule has 2 N–H and O–H groups in total. The number of aromatic nitrogens is 1. The highest BCUT2D eigenvalue weighted by Crippen LogP contribution is 2.21. The van der Waals surface area contributed by atoms with Crippen LogP contribution in [0.1, 0.15) is 16.1 Å². The second-order valence-corrected chi connectivity index (χ2v) is 4.66. The molecule has 0 aliphatic heterocycles. The average molecular weight is 299 g/mol. The first kappa shape index (κ1) is 13.8. The second-order valence-electron chi connectivity index (χ2n) is 3.88. The second kappa shape index (κ2) is 5.99. The lowest BCUT2D eigenvalue weighted by Gasteiger charge is -2.06. The van der Waals surface area contributed by atoms with E-state index >= 15 is 0 Å². The van der Waals surface area contributed by atoms with Gasteiger partial charge >= 0.3 is 0 Å². The van der Waals surface area contributed by atoms with Crippen LogP contribution in [0.2, 0.25) is 10.2 Å². The molecule has 2 aromatic rings. The van der Waals surface area contributed by atoms with Crippen molar-refractivity contribution in [3.63, 3.8) is 0 Å². The standard InChI is InChI=1S/C13H12Cl2N2O2/c1-19-9-4-2-3-8(5-9)7-16-13(18)11-6-10(14)12(15)17-11/h2-6,17H,7H2,1H3,(H,16,18). The number of carbonyl (C=O) groups is 1. The van der Waals surface area contributed by atoms with Crippen molar-refractivity contribution in [2.75, 3.05) is 7.11 Å². The highest BCUT2D eigenvalue weighted by Gasteiger charge is 2.11. The van der Waals surface area contributed by atoms with Crippen LogP contribution in [0.3, 0.4) is 0 Å². The molecule has 0 aliphatic rings.